The van der Waals surface area contributed by atoms with Crippen molar-refractivity contribution in [3.05, 3.63) is 35.4 Å². The van der Waals surface area contributed by atoms with Crippen molar-refractivity contribution < 1.29 is 5.11 Å². The smallest absolute Gasteiger partial charge is 0.0991 e. The fraction of sp³-hybridized carbons (Fsp3) is 0.588. The zero-order valence-corrected chi connectivity index (χ0v) is 12.8. The largest absolute Gasteiger partial charge is 0.387 e. The van der Waals surface area contributed by atoms with Gasteiger partial charge in [0, 0.05) is 13.1 Å². The standard InChI is InChI=1S/C17H25N3O/c1-14(13-20-8-2-3-9-20)11-19-12-17(21)16-6-4-15(10-18)5-7-16/h4-7,14,17,19,21H,2-3,8-9,11-13H2,1H3. The number of aliphatic hydroxyl groups excluding tert-OH is 1. The maximum Gasteiger partial charge on any atom is 0.0991 e. The molecule has 0 saturated carbocycles. The van der Waals surface area contributed by atoms with E-state index in [0.717, 1.165) is 18.7 Å². The maximum absolute atomic E-state index is 10.1. The van der Waals surface area contributed by atoms with Crippen molar-refractivity contribution in [3.63, 3.8) is 0 Å². The predicted octanol–water partition coefficient (Wildman–Crippen LogP) is 1.91. The Morgan fingerprint density at radius 3 is 2.52 bits per heavy atom. The van der Waals surface area contributed by atoms with E-state index in [1.54, 1.807) is 12.1 Å². The van der Waals surface area contributed by atoms with Crippen LogP contribution in [0.5, 0.6) is 0 Å². The normalized spacial score (nSPS) is 18.3. The number of hydrogen-bond acceptors (Lipinski definition) is 4. The van der Waals surface area contributed by atoms with Crippen molar-refractivity contribution in [2.24, 2.45) is 5.92 Å². The van der Waals surface area contributed by atoms with Crippen LogP contribution in [0.4, 0.5) is 0 Å². The average Bonchev–Trinajstić information content (AvgIpc) is 3.00. The van der Waals surface area contributed by atoms with Gasteiger partial charge in [0.25, 0.3) is 0 Å². The van der Waals surface area contributed by atoms with Gasteiger partial charge in [-0.3, -0.25) is 0 Å². The van der Waals surface area contributed by atoms with Gasteiger partial charge in [-0.25, -0.2) is 0 Å². The minimum Gasteiger partial charge on any atom is -0.387 e. The molecule has 2 rings (SSSR count). The number of nitriles is 1. The van der Waals surface area contributed by atoms with Crippen molar-refractivity contribution in [1.29, 1.82) is 5.26 Å². The van der Waals surface area contributed by atoms with Crippen molar-refractivity contribution >= 4 is 0 Å². The van der Waals surface area contributed by atoms with E-state index in [2.05, 4.69) is 23.2 Å². The van der Waals surface area contributed by atoms with Crippen LogP contribution in [0.25, 0.3) is 0 Å². The second-order valence-corrected chi connectivity index (χ2v) is 6.02. The van der Waals surface area contributed by atoms with E-state index in [1.807, 2.05) is 12.1 Å². The number of aliphatic hydroxyl groups is 1. The molecule has 0 aromatic heterocycles. The summed E-state index contributed by atoms with van der Waals surface area (Å²) in [7, 11) is 0. The summed E-state index contributed by atoms with van der Waals surface area (Å²) >= 11 is 0. The quantitative estimate of drug-likeness (QED) is 0.804. The Hall–Kier alpha value is -1.41. The van der Waals surface area contributed by atoms with Gasteiger partial charge in [-0.15, -0.1) is 0 Å². The highest BCUT2D eigenvalue weighted by atomic mass is 16.3. The molecule has 1 heterocycles. The highest BCUT2D eigenvalue weighted by Crippen LogP contribution is 2.13. The van der Waals surface area contributed by atoms with Gasteiger partial charge in [-0.05, 0) is 56.1 Å². The summed E-state index contributed by atoms with van der Waals surface area (Å²) in [5.74, 6) is 0.594. The van der Waals surface area contributed by atoms with Crippen LogP contribution in [0, 0.1) is 17.2 Å². The highest BCUT2D eigenvalue weighted by Gasteiger charge is 2.15. The monoisotopic (exact) mass is 287 g/mol. The number of hydrogen-bond donors (Lipinski definition) is 2. The molecule has 114 valence electrons. The number of rotatable bonds is 7. The zero-order valence-electron chi connectivity index (χ0n) is 12.8. The third-order valence-corrected chi connectivity index (χ3v) is 4.02. The molecule has 2 unspecified atom stereocenters. The second kappa shape index (κ2) is 8.14. The Bertz CT molecular complexity index is 460. The minimum absolute atomic E-state index is 0.517. The van der Waals surface area contributed by atoms with Crippen molar-refractivity contribution in [1.82, 2.24) is 10.2 Å². The van der Waals surface area contributed by atoms with E-state index in [9.17, 15) is 5.11 Å². The SMILES string of the molecule is CC(CNCC(O)c1ccc(C#N)cc1)CN1CCCC1. The zero-order chi connectivity index (χ0) is 15.1. The first kappa shape index (κ1) is 16.0. The summed E-state index contributed by atoms with van der Waals surface area (Å²) < 4.78 is 0. The lowest BCUT2D eigenvalue weighted by Crippen LogP contribution is -2.33. The fourth-order valence-corrected chi connectivity index (χ4v) is 2.83. The molecular weight excluding hydrogens is 262 g/mol. The van der Waals surface area contributed by atoms with Crippen LogP contribution < -0.4 is 5.32 Å². The number of nitrogens with one attached hydrogen (secondary N) is 1. The van der Waals surface area contributed by atoms with Crippen LogP contribution >= 0.6 is 0 Å². The Morgan fingerprint density at radius 2 is 1.90 bits per heavy atom. The lowest BCUT2D eigenvalue weighted by Gasteiger charge is -2.21. The summed E-state index contributed by atoms with van der Waals surface area (Å²) in [6, 6.07) is 9.21. The molecule has 1 aromatic rings. The van der Waals surface area contributed by atoms with Gasteiger partial charge in [-0.1, -0.05) is 19.1 Å². The molecule has 1 aliphatic rings. The van der Waals surface area contributed by atoms with Crippen LogP contribution in [0.15, 0.2) is 24.3 Å². The molecule has 1 aliphatic heterocycles. The molecule has 2 N–H and O–H groups in total. The van der Waals surface area contributed by atoms with Crippen LogP contribution in [-0.2, 0) is 0 Å². The highest BCUT2D eigenvalue weighted by molar-refractivity contribution is 5.32. The van der Waals surface area contributed by atoms with Gasteiger partial charge in [-0.2, -0.15) is 5.26 Å². The Balaban J connectivity index is 1.68. The molecule has 0 aliphatic carbocycles. The van der Waals surface area contributed by atoms with E-state index < -0.39 is 6.10 Å². The van der Waals surface area contributed by atoms with Gasteiger partial charge in [0.15, 0.2) is 0 Å². The average molecular weight is 287 g/mol. The maximum atomic E-state index is 10.1. The second-order valence-electron chi connectivity index (χ2n) is 6.02. The van der Waals surface area contributed by atoms with Crippen molar-refractivity contribution in [2.45, 2.75) is 25.9 Å². The molecule has 0 amide bonds. The van der Waals surface area contributed by atoms with Crippen LogP contribution in [0.3, 0.4) is 0 Å². The predicted molar refractivity (Wildman–Crippen MR) is 83.8 cm³/mol. The molecular formula is C17H25N3O. The van der Waals surface area contributed by atoms with Gasteiger partial charge in [0.2, 0.25) is 0 Å². The molecule has 0 bridgehead atoms. The molecule has 4 heteroatoms. The van der Waals surface area contributed by atoms with Crippen molar-refractivity contribution in [2.75, 3.05) is 32.7 Å². The first-order chi connectivity index (χ1) is 10.2. The van der Waals surface area contributed by atoms with Crippen molar-refractivity contribution in [3.8, 4) is 6.07 Å². The van der Waals surface area contributed by atoms with Gasteiger partial charge in [0.05, 0.1) is 17.7 Å². The van der Waals surface area contributed by atoms with E-state index >= 15 is 0 Å². The molecule has 1 fully saturated rings. The number of likely N-dealkylation sites (tertiary alicyclic amines) is 1. The Morgan fingerprint density at radius 1 is 1.24 bits per heavy atom. The van der Waals surface area contributed by atoms with Gasteiger partial charge >= 0.3 is 0 Å². The Kier molecular flexibility index (Phi) is 6.19. The first-order valence-corrected chi connectivity index (χ1v) is 7.80. The molecule has 21 heavy (non-hydrogen) atoms. The third-order valence-electron chi connectivity index (χ3n) is 4.02. The van der Waals surface area contributed by atoms with E-state index in [1.165, 1.54) is 25.9 Å². The summed E-state index contributed by atoms with van der Waals surface area (Å²) in [6.45, 7) is 7.33. The molecule has 1 saturated heterocycles. The third kappa shape index (κ3) is 5.13. The minimum atomic E-state index is -0.517. The van der Waals surface area contributed by atoms with E-state index in [4.69, 9.17) is 5.26 Å². The lowest BCUT2D eigenvalue weighted by atomic mass is 10.1. The molecule has 4 nitrogen and oxygen atoms in total. The first-order valence-electron chi connectivity index (χ1n) is 7.80. The topological polar surface area (TPSA) is 59.3 Å². The van der Waals surface area contributed by atoms with Crippen LogP contribution in [0.2, 0.25) is 0 Å². The molecule has 1 aromatic carbocycles. The molecule has 0 radical (unpaired) electrons. The Labute approximate surface area is 127 Å². The summed E-state index contributed by atoms with van der Waals surface area (Å²) in [4.78, 5) is 2.52. The van der Waals surface area contributed by atoms with E-state index in [0.29, 0.717) is 18.0 Å². The van der Waals surface area contributed by atoms with Crippen LogP contribution in [0.1, 0.15) is 37.0 Å². The van der Waals surface area contributed by atoms with Crippen LogP contribution in [-0.4, -0.2) is 42.7 Å². The van der Waals surface area contributed by atoms with Gasteiger partial charge in [0.1, 0.15) is 0 Å². The summed E-state index contributed by atoms with van der Waals surface area (Å²) in [5, 5.41) is 22.2. The lowest BCUT2D eigenvalue weighted by molar-refractivity contribution is 0.171. The summed E-state index contributed by atoms with van der Waals surface area (Å²) in [6.07, 6.45) is 2.14. The van der Waals surface area contributed by atoms with E-state index in [-0.39, 0.29) is 0 Å². The number of benzene rings is 1. The number of nitrogens with zero attached hydrogens (tertiary/aromatic N) is 2. The molecule has 2 atom stereocenters. The molecule has 0 spiro atoms. The summed E-state index contributed by atoms with van der Waals surface area (Å²) in [5.41, 5.74) is 1.48. The van der Waals surface area contributed by atoms with Gasteiger partial charge < -0.3 is 15.3 Å². The fourth-order valence-electron chi connectivity index (χ4n) is 2.83.